The molecule has 0 bridgehead atoms. The van der Waals surface area contributed by atoms with Crippen molar-refractivity contribution in [3.8, 4) is 0 Å². The minimum Gasteiger partial charge on any atom is -0.357 e. The standard InChI is InChI=1S/C20H29F3N6/c1-5-17-28-27-14-29(17)11-10-25-18(24-6-2)26-13-19(3,4)15-8-7-9-16(12-15)20(21,22)23/h7-9,12,14H,5-6,10-11,13H2,1-4H3,(H2,24,25,26). The van der Waals surface area contributed by atoms with Crippen LogP contribution in [0, 0.1) is 0 Å². The SMILES string of the molecule is CCNC(=NCC(C)(C)c1cccc(C(F)(F)F)c1)NCCn1cnnc1CC. The molecule has 0 atom stereocenters. The van der Waals surface area contributed by atoms with Gasteiger partial charge in [0.15, 0.2) is 5.96 Å². The van der Waals surface area contributed by atoms with Gasteiger partial charge in [0, 0.05) is 31.5 Å². The van der Waals surface area contributed by atoms with Crippen molar-refractivity contribution in [2.45, 2.75) is 52.3 Å². The van der Waals surface area contributed by atoms with Crippen molar-refractivity contribution in [2.24, 2.45) is 4.99 Å². The molecule has 1 aromatic carbocycles. The van der Waals surface area contributed by atoms with Crippen LogP contribution in [0.4, 0.5) is 13.2 Å². The van der Waals surface area contributed by atoms with Crippen molar-refractivity contribution >= 4 is 5.96 Å². The fourth-order valence-corrected chi connectivity index (χ4v) is 2.86. The summed E-state index contributed by atoms with van der Waals surface area (Å²) in [5, 5.41) is 14.4. The number of nitrogens with zero attached hydrogens (tertiary/aromatic N) is 4. The van der Waals surface area contributed by atoms with Gasteiger partial charge in [0.05, 0.1) is 12.1 Å². The third-order valence-electron chi connectivity index (χ3n) is 4.61. The van der Waals surface area contributed by atoms with E-state index < -0.39 is 17.2 Å². The lowest BCUT2D eigenvalue weighted by Crippen LogP contribution is -2.40. The van der Waals surface area contributed by atoms with Gasteiger partial charge in [-0.3, -0.25) is 4.99 Å². The van der Waals surface area contributed by atoms with Crippen LogP contribution in [0.5, 0.6) is 0 Å². The number of benzene rings is 1. The number of halogens is 3. The molecule has 160 valence electrons. The Morgan fingerprint density at radius 3 is 2.52 bits per heavy atom. The topological polar surface area (TPSA) is 67.1 Å². The van der Waals surface area contributed by atoms with Crippen molar-refractivity contribution in [1.82, 2.24) is 25.4 Å². The summed E-state index contributed by atoms with van der Waals surface area (Å²) < 4.78 is 41.0. The second-order valence-corrected chi connectivity index (χ2v) is 7.38. The molecule has 2 N–H and O–H groups in total. The van der Waals surface area contributed by atoms with E-state index in [0.29, 0.717) is 37.7 Å². The Labute approximate surface area is 169 Å². The molecule has 0 aliphatic rings. The lowest BCUT2D eigenvalue weighted by atomic mass is 9.84. The predicted molar refractivity (Wildman–Crippen MR) is 108 cm³/mol. The van der Waals surface area contributed by atoms with E-state index in [2.05, 4.69) is 25.8 Å². The minimum atomic E-state index is -4.36. The number of hydrogen-bond acceptors (Lipinski definition) is 3. The first-order valence-corrected chi connectivity index (χ1v) is 9.74. The summed E-state index contributed by atoms with van der Waals surface area (Å²) in [5.74, 6) is 1.54. The van der Waals surface area contributed by atoms with Crippen LogP contribution in [0.15, 0.2) is 35.6 Å². The molecule has 6 nitrogen and oxygen atoms in total. The Balaban J connectivity index is 2.04. The highest BCUT2D eigenvalue weighted by molar-refractivity contribution is 5.79. The van der Waals surface area contributed by atoms with Crippen molar-refractivity contribution in [3.63, 3.8) is 0 Å². The highest BCUT2D eigenvalue weighted by atomic mass is 19.4. The highest BCUT2D eigenvalue weighted by Gasteiger charge is 2.32. The van der Waals surface area contributed by atoms with E-state index in [4.69, 9.17) is 0 Å². The zero-order valence-corrected chi connectivity index (χ0v) is 17.3. The fraction of sp³-hybridized carbons (Fsp3) is 0.550. The Bertz CT molecular complexity index is 811. The monoisotopic (exact) mass is 410 g/mol. The number of nitrogens with one attached hydrogen (secondary N) is 2. The summed E-state index contributed by atoms with van der Waals surface area (Å²) in [6, 6.07) is 5.44. The molecule has 0 saturated carbocycles. The number of alkyl halides is 3. The second-order valence-electron chi connectivity index (χ2n) is 7.38. The van der Waals surface area contributed by atoms with Crippen LogP contribution in [0.1, 0.15) is 44.6 Å². The first-order valence-electron chi connectivity index (χ1n) is 9.74. The first-order chi connectivity index (χ1) is 13.7. The Hall–Kier alpha value is -2.58. The number of rotatable bonds is 8. The first kappa shape index (κ1) is 22.7. The average molecular weight is 410 g/mol. The van der Waals surface area contributed by atoms with Gasteiger partial charge in [0.1, 0.15) is 12.2 Å². The van der Waals surface area contributed by atoms with Crippen LogP contribution in [0.2, 0.25) is 0 Å². The average Bonchev–Trinajstić information content (AvgIpc) is 3.13. The normalized spacial score (nSPS) is 12.9. The largest absolute Gasteiger partial charge is 0.416 e. The molecule has 0 aliphatic heterocycles. The van der Waals surface area contributed by atoms with Crippen LogP contribution in [0.3, 0.4) is 0 Å². The van der Waals surface area contributed by atoms with Crippen molar-refractivity contribution in [1.29, 1.82) is 0 Å². The Morgan fingerprint density at radius 1 is 1.14 bits per heavy atom. The molecule has 0 radical (unpaired) electrons. The molecule has 0 fully saturated rings. The van der Waals surface area contributed by atoms with Crippen LogP contribution in [-0.4, -0.2) is 40.4 Å². The highest BCUT2D eigenvalue weighted by Crippen LogP contribution is 2.32. The molecule has 9 heteroatoms. The van der Waals surface area contributed by atoms with Gasteiger partial charge >= 0.3 is 6.18 Å². The van der Waals surface area contributed by atoms with E-state index in [1.807, 2.05) is 32.3 Å². The molecule has 0 amide bonds. The Morgan fingerprint density at radius 2 is 1.86 bits per heavy atom. The van der Waals surface area contributed by atoms with Crippen molar-refractivity contribution < 1.29 is 13.2 Å². The van der Waals surface area contributed by atoms with Crippen LogP contribution >= 0.6 is 0 Å². The molecule has 29 heavy (non-hydrogen) atoms. The van der Waals surface area contributed by atoms with Crippen molar-refractivity contribution in [2.75, 3.05) is 19.6 Å². The summed E-state index contributed by atoms with van der Waals surface area (Å²) in [7, 11) is 0. The summed E-state index contributed by atoms with van der Waals surface area (Å²) in [6.07, 6.45) is -1.86. The molecular formula is C20H29F3N6. The lowest BCUT2D eigenvalue weighted by molar-refractivity contribution is -0.137. The fourth-order valence-electron chi connectivity index (χ4n) is 2.86. The molecule has 1 aromatic heterocycles. The summed E-state index contributed by atoms with van der Waals surface area (Å²) in [4.78, 5) is 4.59. The lowest BCUT2D eigenvalue weighted by Gasteiger charge is -2.25. The summed E-state index contributed by atoms with van der Waals surface area (Å²) >= 11 is 0. The van der Waals surface area contributed by atoms with E-state index in [-0.39, 0.29) is 0 Å². The summed E-state index contributed by atoms with van der Waals surface area (Å²) in [5.41, 5.74) is -0.588. The molecule has 2 aromatic rings. The zero-order chi connectivity index (χ0) is 21.5. The number of aromatic nitrogens is 3. The number of hydrogen-bond donors (Lipinski definition) is 2. The van der Waals surface area contributed by atoms with Crippen molar-refractivity contribution in [3.05, 3.63) is 47.5 Å². The van der Waals surface area contributed by atoms with Gasteiger partial charge in [-0.1, -0.05) is 39.0 Å². The number of aryl methyl sites for hydroxylation is 1. The predicted octanol–water partition coefficient (Wildman–Crippen LogP) is 3.39. The maximum Gasteiger partial charge on any atom is 0.416 e. The molecule has 0 saturated heterocycles. The molecular weight excluding hydrogens is 381 g/mol. The third kappa shape index (κ3) is 6.47. The Kier molecular flexibility index (Phi) is 7.64. The van der Waals surface area contributed by atoms with Gasteiger partial charge in [-0.25, -0.2) is 0 Å². The third-order valence-corrected chi connectivity index (χ3v) is 4.61. The van der Waals surface area contributed by atoms with Crippen LogP contribution < -0.4 is 10.6 Å². The van der Waals surface area contributed by atoms with E-state index in [0.717, 1.165) is 18.3 Å². The maximum absolute atomic E-state index is 13.0. The van der Waals surface area contributed by atoms with Gasteiger partial charge in [0.25, 0.3) is 0 Å². The molecule has 0 spiro atoms. The van der Waals surface area contributed by atoms with Gasteiger partial charge in [0.2, 0.25) is 0 Å². The van der Waals surface area contributed by atoms with Crippen LogP contribution in [0.25, 0.3) is 0 Å². The van der Waals surface area contributed by atoms with E-state index in [1.54, 1.807) is 12.4 Å². The zero-order valence-electron chi connectivity index (χ0n) is 17.3. The van der Waals surface area contributed by atoms with E-state index in [1.165, 1.54) is 12.1 Å². The minimum absolute atomic E-state index is 0.344. The number of aliphatic imine (C=N–C) groups is 1. The summed E-state index contributed by atoms with van der Waals surface area (Å²) in [6.45, 7) is 10.1. The molecule has 0 aliphatic carbocycles. The molecule has 2 rings (SSSR count). The van der Waals surface area contributed by atoms with E-state index in [9.17, 15) is 13.2 Å². The van der Waals surface area contributed by atoms with E-state index >= 15 is 0 Å². The molecule has 0 unspecified atom stereocenters. The quantitative estimate of drug-likeness (QED) is 0.517. The van der Waals surface area contributed by atoms with Gasteiger partial charge in [-0.05, 0) is 18.6 Å². The number of guanidine groups is 1. The van der Waals surface area contributed by atoms with Gasteiger partial charge in [-0.15, -0.1) is 10.2 Å². The van der Waals surface area contributed by atoms with Gasteiger partial charge in [-0.2, -0.15) is 13.2 Å². The molecule has 1 heterocycles. The maximum atomic E-state index is 13.0. The smallest absolute Gasteiger partial charge is 0.357 e. The van der Waals surface area contributed by atoms with Crippen LogP contribution in [-0.2, 0) is 24.6 Å². The van der Waals surface area contributed by atoms with Gasteiger partial charge < -0.3 is 15.2 Å². The second kappa shape index (κ2) is 9.76.